The molecule has 2 bridgehead atoms. The SMILES string of the molecule is O=C(Nc1ccc(F)c(F)c1)c1ccc(Cl)c(S(=O)(=O)[C@@H]2C3CCC2[C@@](O)(CO)C3)c1. The number of hydrogen-bond donors (Lipinski definition) is 3. The van der Waals surface area contributed by atoms with E-state index in [2.05, 4.69) is 5.32 Å². The summed E-state index contributed by atoms with van der Waals surface area (Å²) in [6.07, 6.45) is 1.27. The number of halogens is 3. The number of hydrogen-bond acceptors (Lipinski definition) is 5. The van der Waals surface area contributed by atoms with Crippen LogP contribution in [0.5, 0.6) is 0 Å². The van der Waals surface area contributed by atoms with Crippen LogP contribution in [-0.2, 0) is 9.84 Å². The fraction of sp³-hybridized carbons (Fsp3) is 0.381. The van der Waals surface area contributed by atoms with Crippen LogP contribution in [-0.4, -0.2) is 42.0 Å². The number of carbonyl (C=O) groups is 1. The number of rotatable bonds is 5. The highest BCUT2D eigenvalue weighted by Crippen LogP contribution is 2.55. The Hall–Kier alpha value is -2.07. The van der Waals surface area contributed by atoms with E-state index in [9.17, 15) is 32.2 Å². The van der Waals surface area contributed by atoms with Crippen molar-refractivity contribution in [1.82, 2.24) is 0 Å². The van der Waals surface area contributed by atoms with E-state index in [1.807, 2.05) is 0 Å². The Bertz CT molecular complexity index is 1160. The summed E-state index contributed by atoms with van der Waals surface area (Å²) in [6.45, 7) is -0.523. The van der Waals surface area contributed by atoms with E-state index in [-0.39, 0.29) is 33.5 Å². The van der Waals surface area contributed by atoms with Gasteiger partial charge in [-0.2, -0.15) is 0 Å². The molecule has 1 amide bonds. The molecule has 0 saturated heterocycles. The van der Waals surface area contributed by atoms with Crippen molar-refractivity contribution in [1.29, 1.82) is 0 Å². The van der Waals surface area contributed by atoms with Crippen molar-refractivity contribution in [2.24, 2.45) is 11.8 Å². The molecule has 2 aromatic rings. The number of aliphatic hydroxyl groups is 2. The maximum absolute atomic E-state index is 13.4. The standard InChI is InChI=1S/C21H20ClF2NO5S/c22-15-5-2-11(20(27)25-13-3-6-16(23)17(24)8-13)7-18(15)31(29,30)19-12-1-4-14(19)21(28,9-12)10-26/h2-3,5-8,12,14,19,26,28H,1,4,9-10H2,(H,25,27)/t12?,14?,19-,21+/m1/s1. The van der Waals surface area contributed by atoms with Crippen LogP contribution in [0, 0.1) is 23.5 Å². The van der Waals surface area contributed by atoms with Gasteiger partial charge in [0.1, 0.15) is 0 Å². The molecule has 0 radical (unpaired) electrons. The largest absolute Gasteiger partial charge is 0.393 e. The summed E-state index contributed by atoms with van der Waals surface area (Å²) in [7, 11) is -4.02. The van der Waals surface area contributed by atoms with Gasteiger partial charge >= 0.3 is 0 Å². The van der Waals surface area contributed by atoms with Crippen LogP contribution in [0.25, 0.3) is 0 Å². The fourth-order valence-electron chi connectivity index (χ4n) is 4.89. The van der Waals surface area contributed by atoms with Gasteiger partial charge in [-0.3, -0.25) is 4.79 Å². The molecule has 10 heteroatoms. The van der Waals surface area contributed by atoms with Gasteiger partial charge in [0, 0.05) is 23.2 Å². The molecule has 2 aliphatic rings. The molecule has 2 unspecified atom stereocenters. The number of nitrogens with one attached hydrogen (secondary N) is 1. The first kappa shape index (κ1) is 22.1. The maximum atomic E-state index is 13.4. The molecule has 0 spiro atoms. The Morgan fingerprint density at radius 1 is 1.16 bits per heavy atom. The summed E-state index contributed by atoms with van der Waals surface area (Å²) < 4.78 is 53.3. The molecule has 0 heterocycles. The molecule has 4 atom stereocenters. The van der Waals surface area contributed by atoms with E-state index in [1.165, 1.54) is 18.2 Å². The Morgan fingerprint density at radius 2 is 1.90 bits per heavy atom. The van der Waals surface area contributed by atoms with Crippen molar-refractivity contribution < 1.29 is 32.2 Å². The summed E-state index contributed by atoms with van der Waals surface area (Å²) >= 11 is 6.17. The lowest BCUT2D eigenvalue weighted by molar-refractivity contribution is -0.0562. The van der Waals surface area contributed by atoms with Gasteiger partial charge in [0.2, 0.25) is 0 Å². The second-order valence-corrected chi connectivity index (χ2v) is 10.6. The first-order valence-corrected chi connectivity index (χ1v) is 11.6. The van der Waals surface area contributed by atoms with Crippen LogP contribution in [0.2, 0.25) is 5.02 Å². The minimum absolute atomic E-state index is 0.00473. The number of anilines is 1. The van der Waals surface area contributed by atoms with Crippen LogP contribution in [0.15, 0.2) is 41.3 Å². The number of amides is 1. The molecule has 6 nitrogen and oxygen atoms in total. The molecule has 3 N–H and O–H groups in total. The Morgan fingerprint density at radius 3 is 2.55 bits per heavy atom. The van der Waals surface area contributed by atoms with Crippen LogP contribution in [0.4, 0.5) is 14.5 Å². The second-order valence-electron chi connectivity index (χ2n) is 8.15. The second kappa shape index (κ2) is 7.81. The third-order valence-electron chi connectivity index (χ3n) is 6.33. The van der Waals surface area contributed by atoms with Crippen molar-refractivity contribution in [3.05, 3.63) is 58.6 Å². The van der Waals surface area contributed by atoms with E-state index in [4.69, 9.17) is 11.6 Å². The third-order valence-corrected chi connectivity index (χ3v) is 9.15. The topological polar surface area (TPSA) is 104 Å². The van der Waals surface area contributed by atoms with Gasteiger partial charge in [-0.05, 0) is 55.5 Å². The molecule has 0 aliphatic heterocycles. The first-order valence-electron chi connectivity index (χ1n) is 9.70. The van der Waals surface area contributed by atoms with Gasteiger partial charge in [0.05, 0.1) is 27.4 Å². The zero-order valence-corrected chi connectivity index (χ0v) is 17.8. The van der Waals surface area contributed by atoms with E-state index in [1.54, 1.807) is 0 Å². The van der Waals surface area contributed by atoms with Gasteiger partial charge in [-0.1, -0.05) is 11.6 Å². The highest BCUT2D eigenvalue weighted by atomic mass is 35.5. The zero-order chi connectivity index (χ0) is 22.6. The van der Waals surface area contributed by atoms with Crippen molar-refractivity contribution in [2.75, 3.05) is 11.9 Å². The van der Waals surface area contributed by atoms with Gasteiger partial charge in [0.15, 0.2) is 21.5 Å². The lowest BCUT2D eigenvalue weighted by Gasteiger charge is -2.30. The fourth-order valence-corrected chi connectivity index (χ4v) is 7.81. The number of sulfone groups is 1. The van der Waals surface area contributed by atoms with Crippen LogP contribution in [0.1, 0.15) is 29.6 Å². The molecule has 31 heavy (non-hydrogen) atoms. The monoisotopic (exact) mass is 471 g/mol. The molecule has 0 aromatic heterocycles. The molecular formula is C21H20ClF2NO5S. The number of carbonyl (C=O) groups excluding carboxylic acids is 1. The Balaban J connectivity index is 1.65. The Labute approximate surface area is 182 Å². The number of benzene rings is 2. The smallest absolute Gasteiger partial charge is 0.255 e. The predicted octanol–water partition coefficient (Wildman–Crippen LogP) is 3.17. The summed E-state index contributed by atoms with van der Waals surface area (Å²) in [6, 6.07) is 6.60. The minimum atomic E-state index is -4.02. The van der Waals surface area contributed by atoms with Crippen LogP contribution < -0.4 is 5.32 Å². The van der Waals surface area contributed by atoms with Gasteiger partial charge < -0.3 is 15.5 Å². The predicted molar refractivity (Wildman–Crippen MR) is 110 cm³/mol. The van der Waals surface area contributed by atoms with Gasteiger partial charge in [0.25, 0.3) is 5.91 Å². The van der Waals surface area contributed by atoms with Crippen LogP contribution >= 0.6 is 11.6 Å². The lowest BCUT2D eigenvalue weighted by Crippen LogP contribution is -2.41. The average Bonchev–Trinajstić information content (AvgIpc) is 3.27. The molecule has 4 rings (SSSR count). The molecule has 166 valence electrons. The maximum Gasteiger partial charge on any atom is 0.255 e. The lowest BCUT2D eigenvalue weighted by atomic mass is 9.85. The van der Waals surface area contributed by atoms with Crippen LogP contribution in [0.3, 0.4) is 0 Å². The Kier molecular flexibility index (Phi) is 5.58. The molecule has 2 aliphatic carbocycles. The third kappa shape index (κ3) is 3.73. The quantitative estimate of drug-likeness (QED) is 0.621. The van der Waals surface area contributed by atoms with E-state index < -0.39 is 50.8 Å². The minimum Gasteiger partial charge on any atom is -0.393 e. The average molecular weight is 472 g/mol. The van der Waals surface area contributed by atoms with Crippen molar-refractivity contribution in [3.8, 4) is 0 Å². The van der Waals surface area contributed by atoms with E-state index in [0.717, 1.165) is 18.2 Å². The molecular weight excluding hydrogens is 452 g/mol. The highest BCUT2D eigenvalue weighted by molar-refractivity contribution is 7.92. The van der Waals surface area contributed by atoms with Gasteiger partial charge in [-0.25, -0.2) is 17.2 Å². The summed E-state index contributed by atoms with van der Waals surface area (Å²) in [4.78, 5) is 12.3. The molecule has 2 aromatic carbocycles. The van der Waals surface area contributed by atoms with Crippen molar-refractivity contribution >= 4 is 33.0 Å². The van der Waals surface area contributed by atoms with Gasteiger partial charge in [-0.15, -0.1) is 0 Å². The van der Waals surface area contributed by atoms with E-state index in [0.29, 0.717) is 12.8 Å². The number of aliphatic hydroxyl groups excluding tert-OH is 1. The molecule has 2 fully saturated rings. The van der Waals surface area contributed by atoms with Crippen molar-refractivity contribution in [2.45, 2.75) is 35.0 Å². The number of fused-ring (bicyclic) bond motifs is 2. The first-order chi connectivity index (χ1) is 14.6. The normalized spacial score (nSPS) is 27.5. The summed E-state index contributed by atoms with van der Waals surface area (Å²) in [5.74, 6) is -3.86. The zero-order valence-electron chi connectivity index (χ0n) is 16.2. The highest BCUT2D eigenvalue weighted by Gasteiger charge is 2.61. The van der Waals surface area contributed by atoms with E-state index >= 15 is 0 Å². The molecule has 2 saturated carbocycles. The van der Waals surface area contributed by atoms with Crippen molar-refractivity contribution in [3.63, 3.8) is 0 Å². The summed E-state index contributed by atoms with van der Waals surface area (Å²) in [5, 5.41) is 21.6. The summed E-state index contributed by atoms with van der Waals surface area (Å²) in [5.41, 5.74) is -1.48.